The van der Waals surface area contributed by atoms with Gasteiger partial charge in [-0.2, -0.15) is 4.98 Å². The number of carbonyl (C=O) groups excluding carboxylic acids is 1. The van der Waals surface area contributed by atoms with Crippen molar-refractivity contribution in [3.8, 4) is 5.75 Å². The van der Waals surface area contributed by atoms with Crippen LogP contribution in [0.2, 0.25) is 0 Å². The number of methoxy groups -OCH3 is 1. The van der Waals surface area contributed by atoms with Gasteiger partial charge in [-0.1, -0.05) is 18.2 Å². The lowest BCUT2D eigenvalue weighted by atomic mass is 9.99. The van der Waals surface area contributed by atoms with Crippen molar-refractivity contribution < 1.29 is 9.53 Å². The number of nitrogens with one attached hydrogen (secondary N) is 2. The molecule has 0 aliphatic carbocycles. The third kappa shape index (κ3) is 4.15. The van der Waals surface area contributed by atoms with E-state index in [1.165, 1.54) is 11.1 Å². The summed E-state index contributed by atoms with van der Waals surface area (Å²) in [6, 6.07) is 13.4. The number of benzene rings is 2. The zero-order valence-electron chi connectivity index (χ0n) is 16.8. The van der Waals surface area contributed by atoms with Crippen molar-refractivity contribution in [1.82, 2.24) is 20.1 Å². The SMILES string of the molecule is COc1cc2c(cc1Nc1nnc(C(N)=O)c(Nc3ccccc3)n1)CN(C)CC2. The number of hydrogen-bond donors (Lipinski definition) is 3. The molecule has 2 aromatic carbocycles. The van der Waals surface area contributed by atoms with E-state index in [1.807, 2.05) is 42.5 Å². The van der Waals surface area contributed by atoms with Crippen LogP contribution in [0.1, 0.15) is 21.6 Å². The number of primary amides is 1. The Morgan fingerprint density at radius 2 is 1.93 bits per heavy atom. The van der Waals surface area contributed by atoms with Crippen LogP contribution in [0.4, 0.5) is 23.1 Å². The van der Waals surface area contributed by atoms with Gasteiger partial charge in [0.2, 0.25) is 5.95 Å². The van der Waals surface area contributed by atoms with Gasteiger partial charge in [0.15, 0.2) is 11.5 Å². The normalized spacial score (nSPS) is 13.4. The maximum Gasteiger partial charge on any atom is 0.273 e. The van der Waals surface area contributed by atoms with E-state index < -0.39 is 5.91 Å². The third-order valence-electron chi connectivity index (χ3n) is 4.93. The Balaban J connectivity index is 1.67. The van der Waals surface area contributed by atoms with E-state index in [0.29, 0.717) is 5.75 Å². The summed E-state index contributed by atoms with van der Waals surface area (Å²) >= 11 is 0. The van der Waals surface area contributed by atoms with Crippen molar-refractivity contribution in [1.29, 1.82) is 0 Å². The maximum atomic E-state index is 11.8. The summed E-state index contributed by atoms with van der Waals surface area (Å²) < 4.78 is 5.56. The van der Waals surface area contributed by atoms with E-state index in [1.54, 1.807) is 7.11 Å². The zero-order valence-corrected chi connectivity index (χ0v) is 16.8. The Hall–Kier alpha value is -3.72. The summed E-state index contributed by atoms with van der Waals surface area (Å²) in [5, 5.41) is 14.2. The van der Waals surface area contributed by atoms with Crippen LogP contribution in [-0.4, -0.2) is 46.7 Å². The van der Waals surface area contributed by atoms with Gasteiger partial charge < -0.3 is 26.0 Å². The Morgan fingerprint density at radius 1 is 1.13 bits per heavy atom. The largest absolute Gasteiger partial charge is 0.495 e. The summed E-state index contributed by atoms with van der Waals surface area (Å²) in [5.41, 5.74) is 9.37. The number of nitrogens with zero attached hydrogens (tertiary/aromatic N) is 4. The van der Waals surface area contributed by atoms with E-state index in [9.17, 15) is 4.79 Å². The molecule has 9 nitrogen and oxygen atoms in total. The molecule has 1 amide bonds. The fraction of sp³-hybridized carbons (Fsp3) is 0.238. The van der Waals surface area contributed by atoms with Crippen LogP contribution in [0.3, 0.4) is 0 Å². The Bertz CT molecular complexity index is 1070. The van der Waals surface area contributed by atoms with E-state index in [4.69, 9.17) is 10.5 Å². The summed E-state index contributed by atoms with van der Waals surface area (Å²) in [5.74, 6) is 0.427. The van der Waals surface area contributed by atoms with Crippen LogP contribution in [0.15, 0.2) is 42.5 Å². The van der Waals surface area contributed by atoms with Crippen LogP contribution >= 0.6 is 0 Å². The summed E-state index contributed by atoms with van der Waals surface area (Å²) in [6.07, 6.45) is 0.971. The van der Waals surface area contributed by atoms with Gasteiger partial charge >= 0.3 is 0 Å². The molecule has 0 spiro atoms. The molecule has 0 fully saturated rings. The van der Waals surface area contributed by atoms with Crippen LogP contribution in [-0.2, 0) is 13.0 Å². The van der Waals surface area contributed by atoms with Gasteiger partial charge in [0.25, 0.3) is 5.91 Å². The standard InChI is InChI=1S/C21H23N7O2/c1-28-9-8-13-11-17(30-2)16(10-14(13)12-28)24-21-25-20(18(19(22)29)26-27-21)23-15-6-4-3-5-7-15/h3-7,10-11H,8-9,12H2,1-2H3,(H2,22,29)(H2,23,24,25,27). The number of fused-ring (bicyclic) bond motifs is 1. The molecular weight excluding hydrogens is 382 g/mol. The molecule has 1 aromatic heterocycles. The lowest BCUT2D eigenvalue weighted by Crippen LogP contribution is -2.26. The first-order valence-electron chi connectivity index (χ1n) is 9.55. The highest BCUT2D eigenvalue weighted by Gasteiger charge is 2.19. The Morgan fingerprint density at radius 3 is 2.67 bits per heavy atom. The molecule has 0 atom stereocenters. The quantitative estimate of drug-likeness (QED) is 0.572. The first-order valence-corrected chi connectivity index (χ1v) is 9.55. The molecule has 4 rings (SSSR count). The summed E-state index contributed by atoms with van der Waals surface area (Å²) in [7, 11) is 3.72. The second-order valence-electron chi connectivity index (χ2n) is 7.12. The molecule has 4 N–H and O–H groups in total. The number of rotatable bonds is 6. The van der Waals surface area contributed by atoms with E-state index in [-0.39, 0.29) is 17.5 Å². The highest BCUT2D eigenvalue weighted by atomic mass is 16.5. The maximum absolute atomic E-state index is 11.8. The van der Waals surface area contributed by atoms with Gasteiger partial charge in [0, 0.05) is 18.8 Å². The molecule has 0 saturated heterocycles. The number of aromatic nitrogens is 3. The molecule has 9 heteroatoms. The second-order valence-corrected chi connectivity index (χ2v) is 7.12. The van der Waals surface area contributed by atoms with Crippen LogP contribution in [0.25, 0.3) is 0 Å². The number of amides is 1. The van der Waals surface area contributed by atoms with Gasteiger partial charge in [-0.25, -0.2) is 0 Å². The van der Waals surface area contributed by atoms with Crippen LogP contribution < -0.4 is 21.1 Å². The molecule has 1 aliphatic heterocycles. The number of hydrogen-bond acceptors (Lipinski definition) is 8. The van der Waals surface area contributed by atoms with Crippen molar-refractivity contribution in [3.05, 3.63) is 59.3 Å². The van der Waals surface area contributed by atoms with E-state index in [2.05, 4.69) is 37.8 Å². The molecule has 30 heavy (non-hydrogen) atoms. The predicted octanol–water partition coefficient (Wildman–Crippen LogP) is 2.45. The Labute approximate surface area is 174 Å². The number of nitrogens with two attached hydrogens (primary N) is 1. The first kappa shape index (κ1) is 19.6. The molecule has 2 heterocycles. The molecule has 0 saturated carbocycles. The monoisotopic (exact) mass is 405 g/mol. The van der Waals surface area contributed by atoms with Gasteiger partial charge in [-0.3, -0.25) is 4.79 Å². The minimum Gasteiger partial charge on any atom is -0.495 e. The van der Waals surface area contributed by atoms with E-state index >= 15 is 0 Å². The molecular formula is C21H23N7O2. The number of ether oxygens (including phenoxy) is 1. The molecule has 154 valence electrons. The number of likely N-dealkylation sites (N-methyl/N-ethyl adjacent to an activating group) is 1. The van der Waals surface area contributed by atoms with Crippen LogP contribution in [0, 0.1) is 0 Å². The number of carbonyl (C=O) groups is 1. The minimum absolute atomic E-state index is 0.0385. The Kier molecular flexibility index (Phi) is 5.44. The van der Waals surface area contributed by atoms with E-state index in [0.717, 1.165) is 30.9 Å². The minimum atomic E-state index is -0.714. The van der Waals surface area contributed by atoms with Gasteiger partial charge in [-0.15, -0.1) is 10.2 Å². The molecule has 0 unspecified atom stereocenters. The smallest absolute Gasteiger partial charge is 0.273 e. The fourth-order valence-corrected chi connectivity index (χ4v) is 3.41. The highest BCUT2D eigenvalue weighted by molar-refractivity contribution is 5.96. The summed E-state index contributed by atoms with van der Waals surface area (Å²) in [4.78, 5) is 18.5. The zero-order chi connectivity index (χ0) is 21.1. The third-order valence-corrected chi connectivity index (χ3v) is 4.93. The molecule has 0 bridgehead atoms. The van der Waals surface area contributed by atoms with Crippen molar-refractivity contribution >= 4 is 29.0 Å². The number of para-hydroxylation sites is 1. The first-order chi connectivity index (χ1) is 14.5. The number of anilines is 4. The van der Waals surface area contributed by atoms with Crippen molar-refractivity contribution in [2.45, 2.75) is 13.0 Å². The molecule has 0 radical (unpaired) electrons. The van der Waals surface area contributed by atoms with Gasteiger partial charge in [-0.05, 0) is 48.9 Å². The van der Waals surface area contributed by atoms with Crippen molar-refractivity contribution in [3.63, 3.8) is 0 Å². The average molecular weight is 405 g/mol. The predicted molar refractivity (Wildman–Crippen MR) is 114 cm³/mol. The van der Waals surface area contributed by atoms with Gasteiger partial charge in [0.05, 0.1) is 12.8 Å². The summed E-state index contributed by atoms with van der Waals surface area (Å²) in [6.45, 7) is 1.87. The lowest BCUT2D eigenvalue weighted by Gasteiger charge is -2.26. The van der Waals surface area contributed by atoms with Crippen molar-refractivity contribution in [2.75, 3.05) is 31.3 Å². The highest BCUT2D eigenvalue weighted by Crippen LogP contribution is 2.33. The fourth-order valence-electron chi connectivity index (χ4n) is 3.41. The average Bonchev–Trinajstić information content (AvgIpc) is 2.74. The topological polar surface area (TPSA) is 118 Å². The van der Waals surface area contributed by atoms with Crippen LogP contribution in [0.5, 0.6) is 5.75 Å². The van der Waals surface area contributed by atoms with Gasteiger partial charge in [0.1, 0.15) is 5.75 Å². The second kappa shape index (κ2) is 8.34. The molecule has 3 aromatic rings. The lowest BCUT2D eigenvalue weighted by molar-refractivity contribution is 0.0995. The molecule has 1 aliphatic rings. The van der Waals surface area contributed by atoms with Crippen molar-refractivity contribution in [2.24, 2.45) is 5.73 Å².